The van der Waals surface area contributed by atoms with Crippen LogP contribution in [0.15, 0.2) is 78.9 Å². The molecule has 0 bridgehead atoms. The van der Waals surface area contributed by atoms with Crippen LogP contribution in [0.1, 0.15) is 39.5 Å². The van der Waals surface area contributed by atoms with E-state index in [0.717, 1.165) is 79.5 Å². The zero-order valence-corrected chi connectivity index (χ0v) is 29.9. The van der Waals surface area contributed by atoms with Gasteiger partial charge in [0.15, 0.2) is 0 Å². The minimum atomic E-state index is -4.41. The van der Waals surface area contributed by atoms with E-state index in [1.54, 1.807) is 11.5 Å². The van der Waals surface area contributed by atoms with Gasteiger partial charge in [-0.1, -0.05) is 60.1 Å². The lowest BCUT2D eigenvalue weighted by Crippen LogP contribution is -2.06. The Morgan fingerprint density at radius 1 is 0.588 bits per heavy atom. The molecule has 0 unspecified atom stereocenters. The number of halogens is 4. The first kappa shape index (κ1) is 34.0. The van der Waals surface area contributed by atoms with Crippen molar-refractivity contribution in [2.45, 2.75) is 47.7 Å². The van der Waals surface area contributed by atoms with E-state index in [2.05, 4.69) is 33.4 Å². The average Bonchev–Trinajstić information content (AvgIpc) is 3.63. The van der Waals surface area contributed by atoms with Crippen molar-refractivity contribution in [1.29, 1.82) is 0 Å². The predicted octanol–water partition coefficient (Wildman–Crippen LogP) is 10.6. The third-order valence-electron chi connectivity index (χ3n) is 9.17. The molecule has 7 nitrogen and oxygen atoms in total. The number of aromatic nitrogens is 6. The quantitative estimate of drug-likeness (QED) is 0.183. The normalized spacial score (nSPS) is 11.8. The minimum Gasteiger partial charge on any atom is -0.495 e. The second kappa shape index (κ2) is 12.7. The number of nitrogens with zero attached hydrogens (tertiary/aromatic N) is 6. The topological polar surface area (TPSA) is 69.6 Å². The van der Waals surface area contributed by atoms with Gasteiger partial charge in [-0.3, -0.25) is 8.80 Å². The molecule has 8 rings (SSSR count). The molecular weight excluding hydrogens is 673 g/mol. The molecule has 258 valence electrons. The highest BCUT2D eigenvalue weighted by atomic mass is 35.5. The predicted molar refractivity (Wildman–Crippen MR) is 197 cm³/mol. The second-order valence-electron chi connectivity index (χ2n) is 12.6. The van der Waals surface area contributed by atoms with Crippen molar-refractivity contribution >= 4 is 44.7 Å². The number of rotatable bonds is 3. The molecule has 0 saturated carbocycles. The lowest BCUT2D eigenvalue weighted by Gasteiger charge is -2.12. The van der Waals surface area contributed by atoms with Crippen LogP contribution in [0.4, 0.5) is 13.2 Å². The fourth-order valence-electron chi connectivity index (χ4n) is 6.78. The van der Waals surface area contributed by atoms with Crippen LogP contribution in [0.2, 0.25) is 5.02 Å². The third kappa shape index (κ3) is 5.83. The summed E-state index contributed by atoms with van der Waals surface area (Å²) in [6, 6.07) is 23.4. The molecule has 0 saturated heterocycles. The highest BCUT2D eigenvalue weighted by Gasteiger charge is 2.31. The van der Waals surface area contributed by atoms with Crippen molar-refractivity contribution in [3.8, 4) is 28.5 Å². The van der Waals surface area contributed by atoms with Crippen molar-refractivity contribution in [2.75, 3.05) is 7.11 Å². The van der Waals surface area contributed by atoms with Crippen LogP contribution < -0.4 is 4.74 Å². The monoisotopic (exact) mass is 706 g/mol. The summed E-state index contributed by atoms with van der Waals surface area (Å²) in [4.78, 5) is 18.8. The van der Waals surface area contributed by atoms with Gasteiger partial charge >= 0.3 is 6.18 Å². The van der Waals surface area contributed by atoms with Crippen LogP contribution in [-0.4, -0.2) is 35.8 Å². The molecule has 51 heavy (non-hydrogen) atoms. The number of hydrogen-bond acceptors (Lipinski definition) is 5. The number of hydrogen-bond donors (Lipinski definition) is 0. The second-order valence-corrected chi connectivity index (χ2v) is 13.0. The SMILES string of the molecule is COc1cc2nc(C)c3c(C)nc(-c4ccccc4C)n3c2cc1Cl.Cc1ccccc1-c1nc(C)c2c(C)nc3ccc(C(F)(F)F)cc3n12. The number of imidazole rings is 2. The minimum absolute atomic E-state index is 0.402. The van der Waals surface area contributed by atoms with Crippen LogP contribution >= 0.6 is 11.6 Å². The molecule has 0 aliphatic carbocycles. The molecule has 4 heterocycles. The molecule has 0 aliphatic heterocycles. The highest BCUT2D eigenvalue weighted by molar-refractivity contribution is 6.32. The molecule has 0 spiro atoms. The van der Waals surface area contributed by atoms with Gasteiger partial charge in [0.25, 0.3) is 0 Å². The summed E-state index contributed by atoms with van der Waals surface area (Å²) < 4.78 is 49.0. The van der Waals surface area contributed by atoms with E-state index in [1.165, 1.54) is 11.6 Å². The van der Waals surface area contributed by atoms with Gasteiger partial charge in [-0.25, -0.2) is 19.9 Å². The summed E-state index contributed by atoms with van der Waals surface area (Å²) in [6.07, 6.45) is -4.41. The number of benzene rings is 4. The first-order valence-corrected chi connectivity index (χ1v) is 16.7. The Labute approximate surface area is 297 Å². The third-order valence-corrected chi connectivity index (χ3v) is 9.47. The maximum absolute atomic E-state index is 13.2. The van der Waals surface area contributed by atoms with Crippen molar-refractivity contribution < 1.29 is 17.9 Å². The molecular formula is C40H34ClF3N6O. The van der Waals surface area contributed by atoms with Crippen LogP contribution in [0.25, 0.3) is 55.9 Å². The molecule has 0 radical (unpaired) electrons. The Kier molecular flexibility index (Phi) is 8.46. The molecule has 8 aromatic rings. The highest BCUT2D eigenvalue weighted by Crippen LogP contribution is 2.36. The van der Waals surface area contributed by atoms with E-state index < -0.39 is 11.7 Å². The number of ether oxygens (including phenoxy) is 1. The van der Waals surface area contributed by atoms with E-state index in [-0.39, 0.29) is 0 Å². The van der Waals surface area contributed by atoms with Gasteiger partial charge in [0, 0.05) is 17.2 Å². The maximum atomic E-state index is 13.2. The van der Waals surface area contributed by atoms with Crippen LogP contribution in [0.3, 0.4) is 0 Å². The van der Waals surface area contributed by atoms with Crippen molar-refractivity contribution in [3.63, 3.8) is 0 Å². The summed E-state index contributed by atoms with van der Waals surface area (Å²) in [5, 5.41) is 0.559. The molecule has 0 atom stereocenters. The number of methoxy groups -OCH3 is 1. The summed E-state index contributed by atoms with van der Waals surface area (Å²) >= 11 is 6.39. The van der Waals surface area contributed by atoms with Gasteiger partial charge in [-0.2, -0.15) is 13.2 Å². The molecule has 4 aromatic heterocycles. The van der Waals surface area contributed by atoms with Gasteiger partial charge < -0.3 is 4.74 Å². The summed E-state index contributed by atoms with van der Waals surface area (Å²) in [5.41, 5.74) is 11.3. The molecule has 0 fully saturated rings. The Balaban J connectivity index is 0.000000159. The molecule has 0 aliphatic rings. The van der Waals surface area contributed by atoms with E-state index in [1.807, 2.05) is 83.1 Å². The molecule has 0 N–H and O–H groups in total. The number of aryl methyl sites for hydroxylation is 6. The van der Waals surface area contributed by atoms with Gasteiger partial charge in [0.1, 0.15) is 17.4 Å². The van der Waals surface area contributed by atoms with Crippen molar-refractivity contribution in [1.82, 2.24) is 28.7 Å². The van der Waals surface area contributed by atoms with Gasteiger partial charge in [0.2, 0.25) is 0 Å². The largest absolute Gasteiger partial charge is 0.495 e. The van der Waals surface area contributed by atoms with E-state index in [9.17, 15) is 13.2 Å². The Bertz CT molecular complexity index is 2660. The fraction of sp³-hybridized carbons (Fsp3) is 0.200. The molecule has 4 aromatic carbocycles. The lowest BCUT2D eigenvalue weighted by atomic mass is 10.1. The molecule has 0 amide bonds. The zero-order chi connectivity index (χ0) is 36.4. The van der Waals surface area contributed by atoms with Crippen LogP contribution in [-0.2, 0) is 6.18 Å². The van der Waals surface area contributed by atoms with Crippen molar-refractivity contribution in [2.24, 2.45) is 0 Å². The maximum Gasteiger partial charge on any atom is 0.416 e. The van der Waals surface area contributed by atoms with Gasteiger partial charge in [-0.05, 0) is 76.9 Å². The Hall–Kier alpha value is -5.48. The van der Waals surface area contributed by atoms with E-state index in [0.29, 0.717) is 27.6 Å². The summed E-state index contributed by atoms with van der Waals surface area (Å²) in [7, 11) is 1.61. The van der Waals surface area contributed by atoms with Gasteiger partial charge in [0.05, 0.1) is 73.6 Å². The average molecular weight is 707 g/mol. The van der Waals surface area contributed by atoms with Crippen LogP contribution in [0.5, 0.6) is 5.75 Å². The van der Waals surface area contributed by atoms with Crippen molar-refractivity contribution in [3.05, 3.63) is 123 Å². The number of fused-ring (bicyclic) bond motifs is 6. The Morgan fingerprint density at radius 2 is 1.06 bits per heavy atom. The van der Waals surface area contributed by atoms with Crippen LogP contribution in [0, 0.1) is 41.5 Å². The van der Waals surface area contributed by atoms with Gasteiger partial charge in [-0.15, -0.1) is 0 Å². The smallest absolute Gasteiger partial charge is 0.416 e. The Morgan fingerprint density at radius 3 is 1.55 bits per heavy atom. The lowest BCUT2D eigenvalue weighted by molar-refractivity contribution is -0.137. The summed E-state index contributed by atoms with van der Waals surface area (Å²) in [5.74, 6) is 2.16. The standard InChI is InChI=1S/C20H18ClN3O.C20H16F3N3/c1-11-7-5-6-8-14(11)20-23-13(3)19-12(2)22-16-10-18(25-4)15(21)9-17(16)24(19)20;1-11-6-4-5-7-15(11)19-25-13(3)18-12(2)24-16-9-8-14(20(21,22)23)10-17(16)26(18)19/h5-10H,1-4H3;4-10H,1-3H3. The van der Waals surface area contributed by atoms with E-state index >= 15 is 0 Å². The zero-order valence-electron chi connectivity index (χ0n) is 29.1. The van der Waals surface area contributed by atoms with E-state index in [4.69, 9.17) is 26.3 Å². The summed E-state index contributed by atoms with van der Waals surface area (Å²) in [6.45, 7) is 11.8. The first-order chi connectivity index (χ1) is 24.3. The molecule has 11 heteroatoms. The number of alkyl halides is 3. The first-order valence-electron chi connectivity index (χ1n) is 16.3. The fourth-order valence-corrected chi connectivity index (χ4v) is 7.02.